The highest BCUT2D eigenvalue weighted by atomic mass is 79.9. The first-order valence-electron chi connectivity index (χ1n) is 6.63. The summed E-state index contributed by atoms with van der Waals surface area (Å²) in [5.74, 6) is 0.101. The van der Waals surface area contributed by atoms with Gasteiger partial charge >= 0.3 is 6.18 Å². The van der Waals surface area contributed by atoms with Crippen LogP contribution in [0.1, 0.15) is 11.1 Å². The summed E-state index contributed by atoms with van der Waals surface area (Å²) >= 11 is 3.07. The first-order chi connectivity index (χ1) is 10.8. The zero-order valence-electron chi connectivity index (χ0n) is 11.8. The van der Waals surface area contributed by atoms with E-state index in [1.807, 2.05) is 0 Å². The van der Waals surface area contributed by atoms with E-state index >= 15 is 0 Å². The normalized spacial score (nSPS) is 11.9. The van der Waals surface area contributed by atoms with E-state index in [0.29, 0.717) is 10.9 Å². The van der Waals surface area contributed by atoms with Crippen LogP contribution in [0.25, 0.3) is 22.3 Å². The van der Waals surface area contributed by atoms with Gasteiger partial charge in [0, 0.05) is 10.0 Å². The minimum atomic E-state index is -4.48. The first kappa shape index (κ1) is 15.7. The Morgan fingerprint density at radius 3 is 2.61 bits per heavy atom. The molecule has 3 nitrogen and oxygen atoms in total. The summed E-state index contributed by atoms with van der Waals surface area (Å²) in [5, 5.41) is 0.403. The minimum Gasteiger partial charge on any atom is -0.306 e. The summed E-state index contributed by atoms with van der Waals surface area (Å²) in [6.45, 7) is 1.79. The Labute approximate surface area is 137 Å². The van der Waals surface area contributed by atoms with Crippen LogP contribution in [0.2, 0.25) is 0 Å². The van der Waals surface area contributed by atoms with Gasteiger partial charge in [-0.25, -0.2) is 4.98 Å². The van der Waals surface area contributed by atoms with Crippen molar-refractivity contribution < 1.29 is 13.2 Å². The average molecular weight is 383 g/mol. The quantitative estimate of drug-likeness (QED) is 0.663. The number of halogens is 4. The molecular formula is C16H10BrF3N2O. The van der Waals surface area contributed by atoms with Gasteiger partial charge in [0.05, 0.1) is 16.5 Å². The molecular weight excluding hydrogens is 373 g/mol. The number of benzene rings is 2. The molecule has 3 rings (SSSR count). The van der Waals surface area contributed by atoms with E-state index < -0.39 is 11.7 Å². The van der Waals surface area contributed by atoms with Crippen molar-refractivity contribution in [3.8, 4) is 11.4 Å². The van der Waals surface area contributed by atoms with Gasteiger partial charge in [-0.05, 0) is 36.8 Å². The summed E-state index contributed by atoms with van der Waals surface area (Å²) in [7, 11) is 0. The zero-order valence-corrected chi connectivity index (χ0v) is 13.4. The van der Waals surface area contributed by atoms with Crippen molar-refractivity contribution in [3.05, 3.63) is 62.4 Å². The third kappa shape index (κ3) is 3.01. The van der Waals surface area contributed by atoms with Crippen LogP contribution in [-0.4, -0.2) is 9.97 Å². The number of rotatable bonds is 1. The topological polar surface area (TPSA) is 45.8 Å². The highest BCUT2D eigenvalue weighted by molar-refractivity contribution is 9.10. The predicted octanol–water partition coefficient (Wildman–Crippen LogP) is 4.68. The van der Waals surface area contributed by atoms with Crippen molar-refractivity contribution in [3.63, 3.8) is 0 Å². The van der Waals surface area contributed by atoms with Crippen LogP contribution in [0, 0.1) is 6.92 Å². The molecule has 1 aromatic heterocycles. The van der Waals surface area contributed by atoms with Crippen LogP contribution in [0.3, 0.4) is 0 Å². The molecule has 0 aliphatic rings. The van der Waals surface area contributed by atoms with Crippen LogP contribution >= 0.6 is 15.9 Å². The van der Waals surface area contributed by atoms with Gasteiger partial charge in [0.25, 0.3) is 5.56 Å². The Hall–Kier alpha value is -2.15. The third-order valence-corrected chi connectivity index (χ3v) is 3.89. The first-order valence-corrected chi connectivity index (χ1v) is 7.43. The van der Waals surface area contributed by atoms with Gasteiger partial charge in [0.2, 0.25) is 0 Å². The minimum absolute atomic E-state index is 0.101. The SMILES string of the molecule is Cc1cccc2c(=O)[nH]c(-c3cc(Br)cc(C(F)(F)F)c3)nc12. The number of hydrogen-bond acceptors (Lipinski definition) is 2. The molecule has 0 unspecified atom stereocenters. The molecule has 0 fully saturated rings. The zero-order chi connectivity index (χ0) is 16.8. The molecule has 2 aromatic carbocycles. The molecule has 0 aliphatic heterocycles. The van der Waals surface area contributed by atoms with E-state index in [4.69, 9.17) is 0 Å². The van der Waals surface area contributed by atoms with Gasteiger partial charge in [-0.3, -0.25) is 4.79 Å². The van der Waals surface area contributed by atoms with E-state index in [1.165, 1.54) is 6.07 Å². The van der Waals surface area contributed by atoms with Gasteiger partial charge < -0.3 is 4.98 Å². The van der Waals surface area contributed by atoms with E-state index in [9.17, 15) is 18.0 Å². The Morgan fingerprint density at radius 2 is 1.91 bits per heavy atom. The van der Waals surface area contributed by atoms with Crippen molar-refractivity contribution in [2.24, 2.45) is 0 Å². The van der Waals surface area contributed by atoms with Crippen molar-refractivity contribution >= 4 is 26.8 Å². The number of aromatic nitrogens is 2. The Bertz CT molecular complexity index is 964. The van der Waals surface area contributed by atoms with Gasteiger partial charge in [0.1, 0.15) is 5.82 Å². The lowest BCUT2D eigenvalue weighted by Gasteiger charge is -2.10. The fourth-order valence-electron chi connectivity index (χ4n) is 2.33. The molecule has 0 bridgehead atoms. The fourth-order valence-corrected chi connectivity index (χ4v) is 2.83. The Balaban J connectivity index is 2.27. The van der Waals surface area contributed by atoms with Gasteiger partial charge in [-0.15, -0.1) is 0 Å². The summed E-state index contributed by atoms with van der Waals surface area (Å²) < 4.78 is 39.1. The molecule has 118 valence electrons. The molecule has 3 aromatic rings. The lowest BCUT2D eigenvalue weighted by molar-refractivity contribution is -0.137. The number of H-pyrrole nitrogens is 1. The molecule has 0 spiro atoms. The third-order valence-electron chi connectivity index (χ3n) is 3.44. The maximum absolute atomic E-state index is 12.9. The van der Waals surface area contributed by atoms with Crippen LogP contribution in [-0.2, 0) is 6.18 Å². The number of nitrogens with one attached hydrogen (secondary N) is 1. The van der Waals surface area contributed by atoms with Crippen molar-refractivity contribution in [2.75, 3.05) is 0 Å². The maximum Gasteiger partial charge on any atom is 0.416 e. The van der Waals surface area contributed by atoms with E-state index in [-0.39, 0.29) is 21.4 Å². The number of nitrogens with zero attached hydrogens (tertiary/aromatic N) is 1. The molecule has 23 heavy (non-hydrogen) atoms. The Morgan fingerprint density at radius 1 is 1.17 bits per heavy atom. The lowest BCUT2D eigenvalue weighted by Crippen LogP contribution is -2.11. The smallest absolute Gasteiger partial charge is 0.306 e. The second kappa shape index (κ2) is 5.49. The summed E-state index contributed by atoms with van der Waals surface area (Å²) in [6.07, 6.45) is -4.48. The number of aryl methyl sites for hydroxylation is 1. The molecule has 0 saturated heterocycles. The highest BCUT2D eigenvalue weighted by Crippen LogP contribution is 2.34. The molecule has 0 atom stereocenters. The molecule has 0 aliphatic carbocycles. The van der Waals surface area contributed by atoms with Gasteiger partial charge in [-0.2, -0.15) is 13.2 Å². The average Bonchev–Trinajstić information content (AvgIpc) is 2.46. The van der Waals surface area contributed by atoms with Crippen molar-refractivity contribution in [2.45, 2.75) is 13.1 Å². The lowest BCUT2D eigenvalue weighted by atomic mass is 10.1. The van der Waals surface area contributed by atoms with E-state index in [0.717, 1.165) is 17.7 Å². The summed E-state index contributed by atoms with van der Waals surface area (Å²) in [6, 6.07) is 8.58. The van der Waals surface area contributed by atoms with Crippen molar-refractivity contribution in [1.82, 2.24) is 9.97 Å². The monoisotopic (exact) mass is 382 g/mol. The molecule has 1 N–H and O–H groups in total. The largest absolute Gasteiger partial charge is 0.416 e. The molecule has 0 radical (unpaired) electrons. The van der Waals surface area contributed by atoms with Crippen molar-refractivity contribution in [1.29, 1.82) is 0 Å². The maximum atomic E-state index is 12.9. The standard InChI is InChI=1S/C16H10BrF3N2O/c1-8-3-2-4-12-13(8)21-14(22-15(12)23)9-5-10(16(18,19)20)7-11(17)6-9/h2-7H,1H3,(H,21,22,23). The predicted molar refractivity (Wildman–Crippen MR) is 85.2 cm³/mol. The van der Waals surface area contributed by atoms with E-state index in [2.05, 4.69) is 25.9 Å². The number of hydrogen-bond donors (Lipinski definition) is 1. The second-order valence-electron chi connectivity index (χ2n) is 5.11. The van der Waals surface area contributed by atoms with Crippen LogP contribution < -0.4 is 5.56 Å². The molecule has 7 heteroatoms. The van der Waals surface area contributed by atoms with Gasteiger partial charge in [-0.1, -0.05) is 28.1 Å². The number of fused-ring (bicyclic) bond motifs is 1. The number of para-hydroxylation sites is 1. The van der Waals surface area contributed by atoms with Gasteiger partial charge in [0.15, 0.2) is 0 Å². The van der Waals surface area contributed by atoms with Crippen LogP contribution in [0.4, 0.5) is 13.2 Å². The van der Waals surface area contributed by atoms with Crippen LogP contribution in [0.15, 0.2) is 45.7 Å². The molecule has 0 saturated carbocycles. The highest BCUT2D eigenvalue weighted by Gasteiger charge is 2.31. The molecule has 1 heterocycles. The van der Waals surface area contributed by atoms with E-state index in [1.54, 1.807) is 25.1 Å². The molecule has 0 amide bonds. The number of aromatic amines is 1. The summed E-state index contributed by atoms with van der Waals surface area (Å²) in [5.41, 5.74) is 0.242. The van der Waals surface area contributed by atoms with Crippen LogP contribution in [0.5, 0.6) is 0 Å². The Kier molecular flexibility index (Phi) is 3.75. The number of alkyl halides is 3. The fraction of sp³-hybridized carbons (Fsp3) is 0.125. The second-order valence-corrected chi connectivity index (χ2v) is 6.03. The summed E-state index contributed by atoms with van der Waals surface area (Å²) in [4.78, 5) is 19.0.